The molecule has 73 heavy (non-hydrogen) atoms. The molecule has 2 N–H and O–H groups in total. The molecular weight excluding hydrogens is 935 g/mol. The van der Waals surface area contributed by atoms with Crippen LogP contribution in [0.4, 0.5) is 36.5 Å². The molecule has 2 aromatic carbocycles. The van der Waals surface area contributed by atoms with E-state index in [1.54, 1.807) is 31.4 Å². The van der Waals surface area contributed by atoms with Crippen LogP contribution in [0.25, 0.3) is 16.8 Å². The van der Waals surface area contributed by atoms with Crippen LogP contribution in [0, 0.1) is 5.92 Å². The van der Waals surface area contributed by atoms with Crippen molar-refractivity contribution in [1.29, 1.82) is 0 Å². The molecule has 6 aliphatic heterocycles. The number of anilines is 4. The third kappa shape index (κ3) is 8.55. The van der Waals surface area contributed by atoms with E-state index in [-0.39, 0.29) is 35.6 Å². The Morgan fingerprint density at radius 3 is 2.34 bits per heavy atom. The number of amides is 6. The minimum absolute atomic E-state index is 0.0190. The lowest BCUT2D eigenvalue weighted by atomic mass is 9.91. The number of hydrogen-bond acceptors (Lipinski definition) is 11. The SMILES string of the molecule is CNC(=O)N1CCc2c(c(N3CCCc4cc(-c5cc6nccn6cc5N5CCN(CC6CCN(c7ccc8c(c7)C(=O)N(C7CCC(=O)NC7=O)C8=O)CC6)CC5)c(C(F)F)cc43)nn2C2CCCCC2)C1. The maximum atomic E-state index is 15.7. The number of rotatable bonds is 9. The van der Waals surface area contributed by atoms with E-state index in [1.807, 2.05) is 39.9 Å². The number of carbonyl (C=O) groups excluding carboxylic acids is 5. The van der Waals surface area contributed by atoms with Crippen molar-refractivity contribution in [3.05, 3.63) is 88.5 Å². The summed E-state index contributed by atoms with van der Waals surface area (Å²) in [6, 6.07) is 10.2. The van der Waals surface area contributed by atoms with Crippen LogP contribution < -0.4 is 25.3 Å². The first-order valence-corrected chi connectivity index (χ1v) is 26.4. The number of nitrogens with zero attached hydrogens (tertiary/aromatic N) is 10. The molecule has 0 radical (unpaired) electrons. The standard InChI is InChI=1S/C54H62F2N12O5/c1-57-54(73)65-20-15-43-42(31-65)50(60-68(43)35-7-3-2-4-8-35)66-17-5-6-34-26-38(40(49(55)56)28-45(34)66)39-29-47-58-16-21-64(47)32-46(39)63-24-22-61(23-25-63)30-33-13-18-62(19-14-33)36-9-10-37-41(27-36)53(72)67(52(37)71)44-11-12-48(69)59-51(44)70/h9-10,16,21,26-29,32-33,35,44,49H,2-8,11-15,17-20,22-25,30-31H2,1H3,(H,57,73)(H,59,69,70). The molecule has 6 amide bonds. The number of hydrogen-bond donors (Lipinski definition) is 2. The van der Waals surface area contributed by atoms with E-state index in [9.17, 15) is 24.0 Å². The normalized spacial score (nSPS) is 21.3. The first-order valence-electron chi connectivity index (χ1n) is 26.4. The zero-order valence-electron chi connectivity index (χ0n) is 41.3. The van der Waals surface area contributed by atoms with Crippen molar-refractivity contribution in [1.82, 2.24) is 44.5 Å². The number of fused-ring (bicyclic) bond motifs is 4. The van der Waals surface area contributed by atoms with E-state index in [0.717, 1.165) is 147 Å². The number of imidazole rings is 1. The summed E-state index contributed by atoms with van der Waals surface area (Å²) in [6.45, 7) is 7.30. The number of piperazine rings is 1. The van der Waals surface area contributed by atoms with Gasteiger partial charge in [-0.3, -0.25) is 39.0 Å². The van der Waals surface area contributed by atoms with Gasteiger partial charge in [0.2, 0.25) is 11.8 Å². The van der Waals surface area contributed by atoms with Gasteiger partial charge >= 0.3 is 6.03 Å². The number of nitrogens with one attached hydrogen (secondary N) is 2. The molecule has 0 spiro atoms. The van der Waals surface area contributed by atoms with Crippen molar-refractivity contribution in [2.75, 3.05) is 80.7 Å². The quantitative estimate of drug-likeness (QED) is 0.148. The number of halogens is 2. The Bertz CT molecular complexity index is 3020. The van der Waals surface area contributed by atoms with Crippen molar-refractivity contribution in [2.45, 2.75) is 102 Å². The van der Waals surface area contributed by atoms with Gasteiger partial charge in [0.15, 0.2) is 5.82 Å². The topological polar surface area (TPSA) is 164 Å². The second-order valence-electron chi connectivity index (χ2n) is 21.0. The highest BCUT2D eigenvalue weighted by Crippen LogP contribution is 2.46. The average molecular weight is 997 g/mol. The third-order valence-corrected chi connectivity index (χ3v) is 16.8. The summed E-state index contributed by atoms with van der Waals surface area (Å²) in [5, 5.41) is 10.4. The number of aryl methyl sites for hydroxylation is 1. The fraction of sp³-hybridized carbons (Fsp3) is 0.500. The number of benzene rings is 2. The minimum atomic E-state index is -2.74. The van der Waals surface area contributed by atoms with Gasteiger partial charge in [-0.05, 0) is 98.4 Å². The van der Waals surface area contributed by atoms with Gasteiger partial charge in [-0.15, -0.1) is 0 Å². The lowest BCUT2D eigenvalue weighted by Crippen LogP contribution is -2.54. The molecule has 1 unspecified atom stereocenters. The van der Waals surface area contributed by atoms with Crippen LogP contribution in [-0.4, -0.2) is 136 Å². The second-order valence-corrected chi connectivity index (χ2v) is 21.0. The zero-order valence-corrected chi connectivity index (χ0v) is 41.3. The Balaban J connectivity index is 0.752. The molecular formula is C54H62F2N12O5. The Morgan fingerprint density at radius 2 is 1.58 bits per heavy atom. The molecule has 17 nitrogen and oxygen atoms in total. The fourth-order valence-corrected chi connectivity index (χ4v) is 12.9. The van der Waals surface area contributed by atoms with E-state index in [4.69, 9.17) is 5.10 Å². The molecule has 7 aliphatic rings. The molecule has 0 bridgehead atoms. The summed E-state index contributed by atoms with van der Waals surface area (Å²) < 4.78 is 35.7. The predicted octanol–water partition coefficient (Wildman–Crippen LogP) is 6.86. The summed E-state index contributed by atoms with van der Waals surface area (Å²) in [7, 11) is 1.65. The monoisotopic (exact) mass is 996 g/mol. The smallest absolute Gasteiger partial charge is 0.317 e. The Kier molecular flexibility index (Phi) is 12.4. The average Bonchev–Trinajstić information content (AvgIpc) is 4.11. The van der Waals surface area contributed by atoms with E-state index in [2.05, 4.69) is 39.9 Å². The number of pyridine rings is 1. The summed E-state index contributed by atoms with van der Waals surface area (Å²) in [5.41, 5.74) is 8.23. The molecule has 4 fully saturated rings. The lowest BCUT2D eigenvalue weighted by Gasteiger charge is -2.40. The maximum absolute atomic E-state index is 15.7. The van der Waals surface area contributed by atoms with Gasteiger partial charge in [-0.2, -0.15) is 5.10 Å². The molecule has 1 aliphatic carbocycles. The number of urea groups is 1. The highest BCUT2D eigenvalue weighted by atomic mass is 19.3. The first-order chi connectivity index (χ1) is 35.5. The van der Waals surface area contributed by atoms with Crippen LogP contribution in [0.1, 0.15) is 120 Å². The molecule has 1 saturated carbocycles. The molecule has 1 atom stereocenters. The first kappa shape index (κ1) is 47.1. The molecule has 12 rings (SSSR count). The van der Waals surface area contributed by atoms with Crippen LogP contribution in [0.5, 0.6) is 0 Å². The van der Waals surface area contributed by atoms with Crippen LogP contribution in [0.15, 0.2) is 55.0 Å². The predicted molar refractivity (Wildman–Crippen MR) is 271 cm³/mol. The summed E-state index contributed by atoms with van der Waals surface area (Å²) in [6.07, 6.45) is 13.0. The maximum Gasteiger partial charge on any atom is 0.317 e. The number of carbonyl (C=O) groups is 5. The molecule has 5 aromatic rings. The van der Waals surface area contributed by atoms with Gasteiger partial charge in [0.05, 0.1) is 29.4 Å². The number of alkyl halides is 2. The van der Waals surface area contributed by atoms with Gasteiger partial charge in [0.1, 0.15) is 11.7 Å². The number of imide groups is 2. The van der Waals surface area contributed by atoms with Crippen LogP contribution in [0.3, 0.4) is 0 Å². The number of aromatic nitrogens is 4. The molecule has 3 aromatic heterocycles. The zero-order chi connectivity index (χ0) is 50.1. The number of piperidine rings is 2. The van der Waals surface area contributed by atoms with E-state index < -0.39 is 36.1 Å². The van der Waals surface area contributed by atoms with E-state index >= 15 is 8.78 Å². The minimum Gasteiger partial charge on any atom is -0.371 e. The Labute approximate surface area is 422 Å². The van der Waals surface area contributed by atoms with Gasteiger partial charge in [-0.1, -0.05) is 19.3 Å². The fourth-order valence-electron chi connectivity index (χ4n) is 12.9. The van der Waals surface area contributed by atoms with Crippen molar-refractivity contribution in [3.8, 4) is 11.1 Å². The highest BCUT2D eigenvalue weighted by molar-refractivity contribution is 6.23. The molecule has 3 saturated heterocycles. The lowest BCUT2D eigenvalue weighted by molar-refractivity contribution is -0.136. The Morgan fingerprint density at radius 1 is 0.781 bits per heavy atom. The van der Waals surface area contributed by atoms with Crippen molar-refractivity contribution in [3.63, 3.8) is 0 Å². The highest BCUT2D eigenvalue weighted by Gasteiger charge is 2.45. The summed E-state index contributed by atoms with van der Waals surface area (Å²) in [5.74, 6) is -0.791. The van der Waals surface area contributed by atoms with Crippen molar-refractivity contribution < 1.29 is 32.8 Å². The van der Waals surface area contributed by atoms with Crippen molar-refractivity contribution >= 4 is 58.2 Å². The molecule has 382 valence electrons. The van der Waals surface area contributed by atoms with Crippen LogP contribution >= 0.6 is 0 Å². The van der Waals surface area contributed by atoms with E-state index in [0.29, 0.717) is 49.2 Å². The van der Waals surface area contributed by atoms with Crippen molar-refractivity contribution in [2.24, 2.45) is 5.92 Å². The van der Waals surface area contributed by atoms with Crippen LogP contribution in [-0.2, 0) is 29.0 Å². The van der Waals surface area contributed by atoms with Gasteiger partial charge in [0.25, 0.3) is 18.2 Å². The third-order valence-electron chi connectivity index (χ3n) is 16.8. The Hall–Kier alpha value is -6.89. The van der Waals surface area contributed by atoms with Gasteiger partial charge in [0, 0.05) is 131 Å². The van der Waals surface area contributed by atoms with Crippen LogP contribution in [0.2, 0.25) is 0 Å². The molecule has 19 heteroatoms. The van der Waals surface area contributed by atoms with E-state index in [1.165, 1.54) is 6.42 Å². The summed E-state index contributed by atoms with van der Waals surface area (Å²) >= 11 is 0. The second kappa shape index (κ2) is 19.2. The van der Waals surface area contributed by atoms with Gasteiger partial charge in [-0.25, -0.2) is 18.6 Å². The van der Waals surface area contributed by atoms with Gasteiger partial charge < -0.3 is 29.3 Å². The molecule has 9 heterocycles. The largest absolute Gasteiger partial charge is 0.371 e. The summed E-state index contributed by atoms with van der Waals surface area (Å²) in [4.78, 5) is 80.7.